The lowest BCUT2D eigenvalue weighted by molar-refractivity contribution is 0.0685. The van der Waals surface area contributed by atoms with E-state index < -0.39 is 0 Å². The normalized spacial score (nSPS) is 20.1. The minimum atomic E-state index is 0.105. The van der Waals surface area contributed by atoms with Gasteiger partial charge in [-0.25, -0.2) is 0 Å². The van der Waals surface area contributed by atoms with E-state index in [1.54, 1.807) is 0 Å². The number of ether oxygens (including phenoxy) is 1. The van der Waals surface area contributed by atoms with Crippen LogP contribution in [-0.2, 0) is 4.74 Å². The van der Waals surface area contributed by atoms with Crippen LogP contribution in [0.4, 0.5) is 0 Å². The maximum Gasteiger partial charge on any atom is 0.0976 e. The second-order valence-electron chi connectivity index (χ2n) is 4.54. The Balaban J connectivity index is 2.15. The molecule has 0 aliphatic carbocycles. The van der Waals surface area contributed by atoms with Gasteiger partial charge in [0, 0.05) is 39.3 Å². The van der Waals surface area contributed by atoms with Crippen LogP contribution in [0.2, 0.25) is 0 Å². The first-order valence-electron chi connectivity index (χ1n) is 6.75. The molecule has 1 aliphatic rings. The van der Waals surface area contributed by atoms with Crippen LogP contribution in [0.3, 0.4) is 0 Å². The molecule has 0 saturated carbocycles. The van der Waals surface area contributed by atoms with Crippen molar-refractivity contribution in [2.75, 3.05) is 45.9 Å². The number of rotatable bonds is 7. The molecule has 1 saturated heterocycles. The third-order valence-corrected chi connectivity index (χ3v) is 3.28. The Morgan fingerprint density at radius 3 is 2.41 bits per heavy atom. The molecular formula is C13H25N3O. The van der Waals surface area contributed by atoms with E-state index in [2.05, 4.69) is 29.7 Å². The SMILES string of the molecule is CCCOCCN1CCN(C(C#N)CC)CC1. The summed E-state index contributed by atoms with van der Waals surface area (Å²) in [7, 11) is 0. The molecule has 1 fully saturated rings. The molecule has 98 valence electrons. The Kier molecular flexibility index (Phi) is 7.18. The van der Waals surface area contributed by atoms with Gasteiger partial charge < -0.3 is 4.74 Å². The molecule has 4 nitrogen and oxygen atoms in total. The van der Waals surface area contributed by atoms with Crippen LogP contribution in [0.5, 0.6) is 0 Å². The predicted octanol–water partition coefficient (Wildman–Crippen LogP) is 1.33. The first-order valence-corrected chi connectivity index (χ1v) is 6.75. The average Bonchev–Trinajstić information content (AvgIpc) is 2.38. The zero-order valence-corrected chi connectivity index (χ0v) is 11.2. The number of hydrogen-bond acceptors (Lipinski definition) is 4. The molecule has 0 aromatic carbocycles. The van der Waals surface area contributed by atoms with Crippen molar-refractivity contribution in [3.05, 3.63) is 0 Å². The summed E-state index contributed by atoms with van der Waals surface area (Å²) >= 11 is 0. The Morgan fingerprint density at radius 1 is 1.18 bits per heavy atom. The van der Waals surface area contributed by atoms with E-state index in [1.165, 1.54) is 0 Å². The van der Waals surface area contributed by atoms with Gasteiger partial charge in [-0.15, -0.1) is 0 Å². The van der Waals surface area contributed by atoms with Crippen molar-refractivity contribution in [3.8, 4) is 6.07 Å². The van der Waals surface area contributed by atoms with E-state index in [1.807, 2.05) is 0 Å². The van der Waals surface area contributed by atoms with Crippen LogP contribution in [0.1, 0.15) is 26.7 Å². The summed E-state index contributed by atoms with van der Waals surface area (Å²) in [5.74, 6) is 0. The van der Waals surface area contributed by atoms with Crippen LogP contribution in [0.15, 0.2) is 0 Å². The van der Waals surface area contributed by atoms with Crippen molar-refractivity contribution in [1.29, 1.82) is 5.26 Å². The van der Waals surface area contributed by atoms with Gasteiger partial charge in [0.2, 0.25) is 0 Å². The Morgan fingerprint density at radius 2 is 1.88 bits per heavy atom. The second-order valence-corrected chi connectivity index (χ2v) is 4.54. The standard InChI is InChI=1S/C13H25N3O/c1-3-10-17-11-9-15-5-7-16(8-6-15)13(4-2)12-14/h13H,3-11H2,1-2H3. The van der Waals surface area contributed by atoms with Gasteiger partial charge in [0.05, 0.1) is 18.7 Å². The number of piperazine rings is 1. The predicted molar refractivity (Wildman–Crippen MR) is 68.8 cm³/mol. The van der Waals surface area contributed by atoms with Gasteiger partial charge >= 0.3 is 0 Å². The molecule has 0 aromatic rings. The molecule has 4 heteroatoms. The van der Waals surface area contributed by atoms with Gasteiger partial charge in [-0.3, -0.25) is 9.80 Å². The maximum atomic E-state index is 9.02. The zero-order valence-electron chi connectivity index (χ0n) is 11.2. The average molecular weight is 239 g/mol. The van der Waals surface area contributed by atoms with Gasteiger partial charge in [-0.05, 0) is 12.8 Å². The first-order chi connectivity index (χ1) is 8.31. The van der Waals surface area contributed by atoms with Crippen LogP contribution in [0.25, 0.3) is 0 Å². The summed E-state index contributed by atoms with van der Waals surface area (Å²) in [5, 5.41) is 9.02. The number of hydrogen-bond donors (Lipinski definition) is 0. The van der Waals surface area contributed by atoms with Crippen LogP contribution < -0.4 is 0 Å². The Bertz CT molecular complexity index is 231. The third kappa shape index (κ3) is 5.03. The molecule has 1 rings (SSSR count). The molecule has 1 heterocycles. The zero-order chi connectivity index (χ0) is 12.5. The van der Waals surface area contributed by atoms with Gasteiger partial charge in [0.1, 0.15) is 0 Å². The van der Waals surface area contributed by atoms with Gasteiger partial charge in [0.25, 0.3) is 0 Å². The fourth-order valence-electron chi connectivity index (χ4n) is 2.17. The van der Waals surface area contributed by atoms with E-state index in [-0.39, 0.29) is 6.04 Å². The van der Waals surface area contributed by atoms with E-state index in [9.17, 15) is 0 Å². The monoisotopic (exact) mass is 239 g/mol. The van der Waals surface area contributed by atoms with E-state index >= 15 is 0 Å². The lowest BCUT2D eigenvalue weighted by Gasteiger charge is -2.36. The van der Waals surface area contributed by atoms with Crippen molar-refractivity contribution in [2.45, 2.75) is 32.7 Å². The van der Waals surface area contributed by atoms with Gasteiger partial charge in [-0.1, -0.05) is 13.8 Å². The molecule has 0 aromatic heterocycles. The molecule has 1 atom stereocenters. The summed E-state index contributed by atoms with van der Waals surface area (Å²) in [4.78, 5) is 4.72. The van der Waals surface area contributed by atoms with E-state index in [0.29, 0.717) is 0 Å². The maximum absolute atomic E-state index is 9.02. The van der Waals surface area contributed by atoms with Gasteiger partial charge in [-0.2, -0.15) is 5.26 Å². The summed E-state index contributed by atoms with van der Waals surface area (Å²) in [6.07, 6.45) is 2.02. The molecule has 0 spiro atoms. The van der Waals surface area contributed by atoms with Crippen molar-refractivity contribution in [2.24, 2.45) is 0 Å². The summed E-state index contributed by atoms with van der Waals surface area (Å²) in [6, 6.07) is 2.48. The van der Waals surface area contributed by atoms with Crippen LogP contribution >= 0.6 is 0 Å². The molecule has 0 amide bonds. The topological polar surface area (TPSA) is 39.5 Å². The molecule has 17 heavy (non-hydrogen) atoms. The summed E-state index contributed by atoms with van der Waals surface area (Å²) in [6.45, 7) is 11.1. The molecular weight excluding hydrogens is 214 g/mol. The molecule has 0 N–H and O–H groups in total. The minimum absolute atomic E-state index is 0.105. The highest BCUT2D eigenvalue weighted by atomic mass is 16.5. The van der Waals surface area contributed by atoms with Crippen LogP contribution in [-0.4, -0.2) is 61.8 Å². The molecule has 1 aliphatic heterocycles. The lowest BCUT2D eigenvalue weighted by Crippen LogP contribution is -2.50. The molecule has 1 unspecified atom stereocenters. The largest absolute Gasteiger partial charge is 0.380 e. The number of nitriles is 1. The highest BCUT2D eigenvalue weighted by Gasteiger charge is 2.21. The number of nitrogens with zero attached hydrogens (tertiary/aromatic N) is 3. The smallest absolute Gasteiger partial charge is 0.0976 e. The van der Waals surface area contributed by atoms with Crippen LogP contribution in [0, 0.1) is 11.3 Å². The summed E-state index contributed by atoms with van der Waals surface area (Å²) < 4.78 is 5.49. The molecule has 0 bridgehead atoms. The van der Waals surface area contributed by atoms with E-state index in [4.69, 9.17) is 10.00 Å². The van der Waals surface area contributed by atoms with Crippen molar-refractivity contribution in [3.63, 3.8) is 0 Å². The summed E-state index contributed by atoms with van der Waals surface area (Å²) in [5.41, 5.74) is 0. The van der Waals surface area contributed by atoms with E-state index in [0.717, 1.165) is 58.8 Å². The quantitative estimate of drug-likeness (QED) is 0.628. The highest BCUT2D eigenvalue weighted by Crippen LogP contribution is 2.08. The Hall–Kier alpha value is -0.630. The fraction of sp³-hybridized carbons (Fsp3) is 0.923. The molecule has 0 radical (unpaired) electrons. The van der Waals surface area contributed by atoms with Crippen molar-refractivity contribution in [1.82, 2.24) is 9.80 Å². The third-order valence-electron chi connectivity index (χ3n) is 3.28. The first kappa shape index (κ1) is 14.4. The second kappa shape index (κ2) is 8.46. The van der Waals surface area contributed by atoms with Gasteiger partial charge in [0.15, 0.2) is 0 Å². The van der Waals surface area contributed by atoms with Crippen molar-refractivity contribution < 1.29 is 4.74 Å². The highest BCUT2D eigenvalue weighted by molar-refractivity contribution is 4.92. The van der Waals surface area contributed by atoms with Crippen molar-refractivity contribution >= 4 is 0 Å². The fourth-order valence-corrected chi connectivity index (χ4v) is 2.17. The lowest BCUT2D eigenvalue weighted by atomic mass is 10.2. The minimum Gasteiger partial charge on any atom is -0.380 e. The Labute approximate surface area is 105 Å².